The van der Waals surface area contributed by atoms with Crippen LogP contribution in [0.25, 0.3) is 0 Å². The van der Waals surface area contributed by atoms with Crippen LogP contribution in [0.15, 0.2) is 12.2 Å². The number of amides is 1. The zero-order valence-electron chi connectivity index (χ0n) is 11.7. The highest BCUT2D eigenvalue weighted by molar-refractivity contribution is 5.85. The Balaban J connectivity index is 2.57. The standard InChI is InChI=1S/C14H23NO3/c1-14(2,3)12(13(17)18-4)15-11(16)9-10-7-5-6-8-10/h5,7,10,12H,6,8-9H2,1-4H3,(H,15,16)/t10-,12-/m1/s1. The fourth-order valence-electron chi connectivity index (χ4n) is 2.07. The first-order chi connectivity index (χ1) is 8.34. The van der Waals surface area contributed by atoms with Crippen molar-refractivity contribution in [3.05, 3.63) is 12.2 Å². The first-order valence-electron chi connectivity index (χ1n) is 6.38. The molecule has 18 heavy (non-hydrogen) atoms. The number of allylic oxidation sites excluding steroid dienone is 2. The molecular formula is C14H23NO3. The van der Waals surface area contributed by atoms with Crippen molar-refractivity contribution in [3.63, 3.8) is 0 Å². The van der Waals surface area contributed by atoms with Gasteiger partial charge in [-0.1, -0.05) is 32.9 Å². The normalized spacial score (nSPS) is 20.6. The number of ether oxygens (including phenoxy) is 1. The molecule has 0 saturated heterocycles. The summed E-state index contributed by atoms with van der Waals surface area (Å²) in [5.74, 6) is -0.169. The lowest BCUT2D eigenvalue weighted by Gasteiger charge is -2.29. The quantitative estimate of drug-likeness (QED) is 0.616. The van der Waals surface area contributed by atoms with Crippen LogP contribution in [-0.4, -0.2) is 25.0 Å². The number of carbonyl (C=O) groups is 2. The Morgan fingerprint density at radius 1 is 1.44 bits per heavy atom. The Morgan fingerprint density at radius 3 is 2.56 bits per heavy atom. The summed E-state index contributed by atoms with van der Waals surface area (Å²) in [6.07, 6.45) is 6.67. The van der Waals surface area contributed by atoms with E-state index in [1.54, 1.807) is 0 Å². The molecule has 1 rings (SSSR count). The van der Waals surface area contributed by atoms with Crippen molar-refractivity contribution in [1.82, 2.24) is 5.32 Å². The van der Waals surface area contributed by atoms with Crippen molar-refractivity contribution >= 4 is 11.9 Å². The topological polar surface area (TPSA) is 55.4 Å². The summed E-state index contributed by atoms with van der Waals surface area (Å²) >= 11 is 0. The van der Waals surface area contributed by atoms with Gasteiger partial charge in [0, 0.05) is 6.42 Å². The molecular weight excluding hydrogens is 230 g/mol. The molecule has 1 amide bonds. The van der Waals surface area contributed by atoms with E-state index in [-0.39, 0.29) is 11.3 Å². The second kappa shape index (κ2) is 6.03. The number of hydrogen-bond acceptors (Lipinski definition) is 3. The van der Waals surface area contributed by atoms with Gasteiger partial charge < -0.3 is 10.1 Å². The van der Waals surface area contributed by atoms with E-state index in [0.29, 0.717) is 12.3 Å². The Kier molecular flexibility index (Phi) is 4.93. The van der Waals surface area contributed by atoms with Crippen molar-refractivity contribution in [2.75, 3.05) is 7.11 Å². The van der Waals surface area contributed by atoms with Gasteiger partial charge in [-0.05, 0) is 24.2 Å². The predicted octanol–water partition coefficient (Wildman–Crippen LogP) is 2.05. The molecule has 0 aromatic carbocycles. The number of esters is 1. The highest BCUT2D eigenvalue weighted by Gasteiger charge is 2.33. The molecule has 0 spiro atoms. The lowest BCUT2D eigenvalue weighted by atomic mass is 9.86. The molecule has 1 aliphatic carbocycles. The van der Waals surface area contributed by atoms with Gasteiger partial charge in [0.25, 0.3) is 0 Å². The molecule has 0 fully saturated rings. The maximum atomic E-state index is 11.9. The van der Waals surface area contributed by atoms with Crippen LogP contribution in [0.5, 0.6) is 0 Å². The van der Waals surface area contributed by atoms with E-state index in [0.717, 1.165) is 12.8 Å². The average molecular weight is 253 g/mol. The van der Waals surface area contributed by atoms with Crippen LogP contribution in [-0.2, 0) is 14.3 Å². The number of hydrogen-bond donors (Lipinski definition) is 1. The molecule has 0 bridgehead atoms. The fourth-order valence-corrected chi connectivity index (χ4v) is 2.07. The minimum atomic E-state index is -0.597. The van der Waals surface area contributed by atoms with Gasteiger partial charge in [-0.3, -0.25) is 4.79 Å². The third-order valence-corrected chi connectivity index (χ3v) is 3.17. The molecule has 2 atom stereocenters. The van der Waals surface area contributed by atoms with E-state index in [9.17, 15) is 9.59 Å². The minimum absolute atomic E-state index is 0.0862. The number of methoxy groups -OCH3 is 1. The van der Waals surface area contributed by atoms with E-state index < -0.39 is 12.0 Å². The molecule has 4 nitrogen and oxygen atoms in total. The van der Waals surface area contributed by atoms with Crippen LogP contribution in [0.3, 0.4) is 0 Å². The van der Waals surface area contributed by atoms with Crippen molar-refractivity contribution < 1.29 is 14.3 Å². The average Bonchev–Trinajstić information content (AvgIpc) is 2.76. The summed E-state index contributed by atoms with van der Waals surface area (Å²) < 4.78 is 4.74. The minimum Gasteiger partial charge on any atom is -0.467 e. The molecule has 0 heterocycles. The molecule has 0 radical (unpaired) electrons. The van der Waals surface area contributed by atoms with Crippen LogP contribution in [0.4, 0.5) is 0 Å². The summed E-state index contributed by atoms with van der Waals surface area (Å²) in [4.78, 5) is 23.6. The number of nitrogens with one attached hydrogen (secondary N) is 1. The third-order valence-electron chi connectivity index (χ3n) is 3.17. The molecule has 0 aromatic rings. The summed E-state index contributed by atoms with van der Waals surface area (Å²) in [7, 11) is 1.34. The SMILES string of the molecule is COC(=O)[C@@H](NC(=O)C[C@@H]1C=CCC1)C(C)(C)C. The van der Waals surface area contributed by atoms with Crippen molar-refractivity contribution in [3.8, 4) is 0 Å². The number of carbonyl (C=O) groups excluding carboxylic acids is 2. The molecule has 1 N–H and O–H groups in total. The second-order valence-electron chi connectivity index (χ2n) is 5.86. The van der Waals surface area contributed by atoms with Crippen LogP contribution in [0.2, 0.25) is 0 Å². The Morgan fingerprint density at radius 2 is 2.11 bits per heavy atom. The van der Waals surface area contributed by atoms with Crippen LogP contribution < -0.4 is 5.32 Å². The van der Waals surface area contributed by atoms with Gasteiger partial charge in [0.15, 0.2) is 0 Å². The van der Waals surface area contributed by atoms with Crippen molar-refractivity contribution in [2.24, 2.45) is 11.3 Å². The van der Waals surface area contributed by atoms with Crippen LogP contribution >= 0.6 is 0 Å². The Labute approximate surface area is 109 Å². The maximum Gasteiger partial charge on any atom is 0.328 e. The largest absolute Gasteiger partial charge is 0.467 e. The fraction of sp³-hybridized carbons (Fsp3) is 0.714. The molecule has 0 unspecified atom stereocenters. The van der Waals surface area contributed by atoms with Gasteiger partial charge in [-0.25, -0.2) is 4.79 Å². The predicted molar refractivity (Wildman–Crippen MR) is 69.9 cm³/mol. The van der Waals surface area contributed by atoms with Gasteiger partial charge >= 0.3 is 5.97 Å². The van der Waals surface area contributed by atoms with Crippen LogP contribution in [0, 0.1) is 11.3 Å². The highest BCUT2D eigenvalue weighted by atomic mass is 16.5. The molecule has 0 saturated carbocycles. The second-order valence-corrected chi connectivity index (χ2v) is 5.86. The first-order valence-corrected chi connectivity index (χ1v) is 6.38. The molecule has 4 heteroatoms. The van der Waals surface area contributed by atoms with E-state index >= 15 is 0 Å². The smallest absolute Gasteiger partial charge is 0.328 e. The van der Waals surface area contributed by atoms with E-state index in [2.05, 4.69) is 17.5 Å². The van der Waals surface area contributed by atoms with Gasteiger partial charge in [-0.15, -0.1) is 0 Å². The summed E-state index contributed by atoms with van der Waals surface area (Å²) in [6.45, 7) is 5.72. The lowest BCUT2D eigenvalue weighted by Crippen LogP contribution is -2.49. The third kappa shape index (κ3) is 4.17. The van der Waals surface area contributed by atoms with Crippen LogP contribution in [0.1, 0.15) is 40.0 Å². The molecule has 0 aliphatic heterocycles. The lowest BCUT2D eigenvalue weighted by molar-refractivity contribution is -0.148. The van der Waals surface area contributed by atoms with Gasteiger partial charge in [0.1, 0.15) is 6.04 Å². The van der Waals surface area contributed by atoms with E-state index in [4.69, 9.17) is 4.74 Å². The zero-order valence-corrected chi connectivity index (χ0v) is 11.7. The molecule has 0 aromatic heterocycles. The number of rotatable bonds is 4. The first kappa shape index (κ1) is 14.7. The van der Waals surface area contributed by atoms with Gasteiger partial charge in [-0.2, -0.15) is 0 Å². The summed E-state index contributed by atoms with van der Waals surface area (Å²) in [5, 5.41) is 2.79. The van der Waals surface area contributed by atoms with Gasteiger partial charge in [0.05, 0.1) is 7.11 Å². The molecule has 102 valence electrons. The van der Waals surface area contributed by atoms with Gasteiger partial charge in [0.2, 0.25) is 5.91 Å². The van der Waals surface area contributed by atoms with Crippen molar-refractivity contribution in [1.29, 1.82) is 0 Å². The van der Waals surface area contributed by atoms with Crippen molar-refractivity contribution in [2.45, 2.75) is 46.1 Å². The highest BCUT2D eigenvalue weighted by Crippen LogP contribution is 2.23. The Hall–Kier alpha value is -1.32. The summed E-state index contributed by atoms with van der Waals surface area (Å²) in [5.41, 5.74) is -0.353. The monoisotopic (exact) mass is 253 g/mol. The van der Waals surface area contributed by atoms with E-state index in [1.807, 2.05) is 20.8 Å². The maximum absolute atomic E-state index is 11.9. The van der Waals surface area contributed by atoms with E-state index in [1.165, 1.54) is 7.11 Å². The zero-order chi connectivity index (χ0) is 13.8. The Bertz CT molecular complexity index is 341. The summed E-state index contributed by atoms with van der Waals surface area (Å²) in [6, 6.07) is -0.597. The molecule has 1 aliphatic rings.